The van der Waals surface area contributed by atoms with E-state index in [9.17, 15) is 4.79 Å². The number of amides is 1. The fourth-order valence-corrected chi connectivity index (χ4v) is 3.04. The number of ether oxygens (including phenoxy) is 1. The van der Waals surface area contributed by atoms with E-state index in [1.165, 1.54) is 0 Å². The van der Waals surface area contributed by atoms with Gasteiger partial charge < -0.3 is 10.1 Å². The quantitative estimate of drug-likeness (QED) is 0.692. The van der Waals surface area contributed by atoms with Crippen molar-refractivity contribution in [2.24, 2.45) is 0 Å². The standard InChI is InChI=1S/C22H23NO2/c1-4-20(22(24)23-18-13-15(2)12-16(3)14-18)25-21-11-7-9-17-8-5-6-10-19(17)21/h5-14,20H,4H2,1-3H3,(H,23,24). The van der Waals surface area contributed by atoms with Crippen molar-refractivity contribution in [2.45, 2.75) is 33.3 Å². The highest BCUT2D eigenvalue weighted by Gasteiger charge is 2.19. The third-order valence-corrected chi connectivity index (χ3v) is 4.17. The summed E-state index contributed by atoms with van der Waals surface area (Å²) < 4.78 is 6.06. The third-order valence-electron chi connectivity index (χ3n) is 4.17. The zero-order chi connectivity index (χ0) is 17.8. The average molecular weight is 333 g/mol. The molecule has 0 bridgehead atoms. The minimum atomic E-state index is -0.536. The largest absolute Gasteiger partial charge is 0.480 e. The zero-order valence-electron chi connectivity index (χ0n) is 14.9. The lowest BCUT2D eigenvalue weighted by Gasteiger charge is -2.19. The van der Waals surface area contributed by atoms with Gasteiger partial charge in [-0.05, 0) is 55.0 Å². The van der Waals surface area contributed by atoms with Gasteiger partial charge in [0.1, 0.15) is 5.75 Å². The molecule has 3 aromatic carbocycles. The van der Waals surface area contributed by atoms with Gasteiger partial charge in [-0.1, -0.05) is 49.4 Å². The Kier molecular flexibility index (Phi) is 5.03. The van der Waals surface area contributed by atoms with Crippen LogP contribution in [0.3, 0.4) is 0 Å². The zero-order valence-corrected chi connectivity index (χ0v) is 14.9. The molecule has 0 aliphatic heterocycles. The maximum Gasteiger partial charge on any atom is 0.265 e. The molecule has 0 saturated carbocycles. The highest BCUT2D eigenvalue weighted by Crippen LogP contribution is 2.27. The molecule has 3 heteroatoms. The Morgan fingerprint density at radius 2 is 1.68 bits per heavy atom. The molecule has 3 rings (SSSR count). The van der Waals surface area contributed by atoms with Crippen molar-refractivity contribution in [2.75, 3.05) is 5.32 Å². The molecule has 25 heavy (non-hydrogen) atoms. The maximum absolute atomic E-state index is 12.7. The van der Waals surface area contributed by atoms with E-state index in [0.29, 0.717) is 6.42 Å². The molecule has 3 aromatic rings. The maximum atomic E-state index is 12.7. The van der Waals surface area contributed by atoms with E-state index >= 15 is 0 Å². The first-order valence-corrected chi connectivity index (χ1v) is 8.60. The topological polar surface area (TPSA) is 38.3 Å². The summed E-state index contributed by atoms with van der Waals surface area (Å²) in [6, 6.07) is 19.9. The van der Waals surface area contributed by atoms with Gasteiger partial charge in [0.2, 0.25) is 0 Å². The van der Waals surface area contributed by atoms with Gasteiger partial charge in [0.05, 0.1) is 0 Å². The summed E-state index contributed by atoms with van der Waals surface area (Å²) in [5.41, 5.74) is 3.05. The summed E-state index contributed by atoms with van der Waals surface area (Å²) >= 11 is 0. The highest BCUT2D eigenvalue weighted by atomic mass is 16.5. The molecule has 1 amide bonds. The first-order valence-electron chi connectivity index (χ1n) is 8.60. The van der Waals surface area contributed by atoms with Crippen molar-refractivity contribution in [1.29, 1.82) is 0 Å². The van der Waals surface area contributed by atoms with E-state index in [0.717, 1.165) is 33.3 Å². The average Bonchev–Trinajstić information content (AvgIpc) is 2.58. The Balaban J connectivity index is 1.80. The number of hydrogen-bond acceptors (Lipinski definition) is 2. The van der Waals surface area contributed by atoms with Gasteiger partial charge >= 0.3 is 0 Å². The Bertz CT molecular complexity index is 876. The number of benzene rings is 3. The number of anilines is 1. The molecule has 1 unspecified atom stereocenters. The molecule has 0 fully saturated rings. The summed E-state index contributed by atoms with van der Waals surface area (Å²) in [6.45, 7) is 6.00. The van der Waals surface area contributed by atoms with E-state index in [1.807, 2.05) is 75.4 Å². The minimum Gasteiger partial charge on any atom is -0.480 e. The predicted octanol–water partition coefficient (Wildman–Crippen LogP) is 5.25. The molecule has 0 spiro atoms. The van der Waals surface area contributed by atoms with E-state index in [4.69, 9.17) is 4.74 Å². The molecule has 0 aromatic heterocycles. The summed E-state index contributed by atoms with van der Waals surface area (Å²) in [7, 11) is 0. The summed E-state index contributed by atoms with van der Waals surface area (Å²) in [5, 5.41) is 5.10. The van der Waals surface area contributed by atoms with Crippen molar-refractivity contribution in [3.05, 3.63) is 71.8 Å². The molecule has 1 N–H and O–H groups in total. The molecule has 0 radical (unpaired) electrons. The molecule has 128 valence electrons. The minimum absolute atomic E-state index is 0.125. The van der Waals surface area contributed by atoms with Crippen LogP contribution < -0.4 is 10.1 Å². The van der Waals surface area contributed by atoms with Gasteiger partial charge in [-0.3, -0.25) is 4.79 Å². The predicted molar refractivity (Wildman–Crippen MR) is 103 cm³/mol. The number of nitrogens with one attached hydrogen (secondary N) is 1. The van der Waals surface area contributed by atoms with Gasteiger partial charge in [-0.25, -0.2) is 0 Å². The van der Waals surface area contributed by atoms with Crippen LogP contribution in [0.25, 0.3) is 10.8 Å². The van der Waals surface area contributed by atoms with Gasteiger partial charge in [0, 0.05) is 11.1 Å². The normalized spacial score (nSPS) is 12.0. The molecule has 3 nitrogen and oxygen atoms in total. The fourth-order valence-electron chi connectivity index (χ4n) is 3.04. The Morgan fingerprint density at radius 1 is 1.00 bits per heavy atom. The Labute approximate surface area is 148 Å². The van der Waals surface area contributed by atoms with E-state index in [-0.39, 0.29) is 5.91 Å². The first-order chi connectivity index (χ1) is 12.1. The van der Waals surface area contributed by atoms with Crippen molar-refractivity contribution in [3.8, 4) is 5.75 Å². The number of carbonyl (C=O) groups is 1. The molecule has 1 atom stereocenters. The second kappa shape index (κ2) is 7.39. The van der Waals surface area contributed by atoms with Crippen molar-refractivity contribution < 1.29 is 9.53 Å². The van der Waals surface area contributed by atoms with E-state index in [1.54, 1.807) is 0 Å². The number of fused-ring (bicyclic) bond motifs is 1. The van der Waals surface area contributed by atoms with Crippen LogP contribution in [0.1, 0.15) is 24.5 Å². The molecule has 0 aliphatic carbocycles. The fraction of sp³-hybridized carbons (Fsp3) is 0.227. The van der Waals surface area contributed by atoms with Gasteiger partial charge in [0.15, 0.2) is 6.10 Å². The highest BCUT2D eigenvalue weighted by molar-refractivity contribution is 5.95. The first kappa shape index (κ1) is 17.0. The molecule has 0 heterocycles. The van der Waals surface area contributed by atoms with Crippen molar-refractivity contribution in [3.63, 3.8) is 0 Å². The SMILES string of the molecule is CCC(Oc1cccc2ccccc12)C(=O)Nc1cc(C)cc(C)c1. The monoisotopic (exact) mass is 333 g/mol. The van der Waals surface area contributed by atoms with Crippen molar-refractivity contribution >= 4 is 22.4 Å². The molecule has 0 aliphatic rings. The molecular formula is C22H23NO2. The van der Waals surface area contributed by atoms with E-state index in [2.05, 4.69) is 11.4 Å². The molecular weight excluding hydrogens is 310 g/mol. The van der Waals surface area contributed by atoms with Crippen LogP contribution in [0.4, 0.5) is 5.69 Å². The van der Waals surface area contributed by atoms with Crippen LogP contribution in [0.2, 0.25) is 0 Å². The number of carbonyl (C=O) groups excluding carboxylic acids is 1. The lowest BCUT2D eigenvalue weighted by Crippen LogP contribution is -2.32. The number of hydrogen-bond donors (Lipinski definition) is 1. The van der Waals surface area contributed by atoms with Gasteiger partial charge in [0.25, 0.3) is 5.91 Å². The van der Waals surface area contributed by atoms with Crippen LogP contribution in [-0.2, 0) is 4.79 Å². The Hall–Kier alpha value is -2.81. The van der Waals surface area contributed by atoms with Crippen LogP contribution in [0.15, 0.2) is 60.7 Å². The van der Waals surface area contributed by atoms with Crippen LogP contribution >= 0.6 is 0 Å². The number of aryl methyl sites for hydroxylation is 2. The molecule has 0 saturated heterocycles. The summed E-state index contributed by atoms with van der Waals surface area (Å²) in [6.07, 6.45) is 0.0615. The Morgan fingerprint density at radius 3 is 2.40 bits per heavy atom. The second-order valence-corrected chi connectivity index (χ2v) is 6.36. The van der Waals surface area contributed by atoms with Crippen LogP contribution in [-0.4, -0.2) is 12.0 Å². The third kappa shape index (κ3) is 4.00. The summed E-state index contributed by atoms with van der Waals surface area (Å²) in [4.78, 5) is 12.7. The van der Waals surface area contributed by atoms with Crippen molar-refractivity contribution in [1.82, 2.24) is 0 Å². The van der Waals surface area contributed by atoms with Gasteiger partial charge in [-0.15, -0.1) is 0 Å². The summed E-state index contributed by atoms with van der Waals surface area (Å²) in [5.74, 6) is 0.612. The number of rotatable bonds is 5. The van der Waals surface area contributed by atoms with E-state index < -0.39 is 6.10 Å². The lowest BCUT2D eigenvalue weighted by molar-refractivity contribution is -0.122. The van der Waals surface area contributed by atoms with Crippen LogP contribution in [0, 0.1) is 13.8 Å². The smallest absolute Gasteiger partial charge is 0.265 e. The van der Waals surface area contributed by atoms with Crippen LogP contribution in [0.5, 0.6) is 5.75 Å². The second-order valence-electron chi connectivity index (χ2n) is 6.36. The van der Waals surface area contributed by atoms with Gasteiger partial charge in [-0.2, -0.15) is 0 Å². The lowest BCUT2D eigenvalue weighted by atomic mass is 10.1.